The zero-order valence-electron chi connectivity index (χ0n) is 14.3. The van der Waals surface area contributed by atoms with Crippen molar-refractivity contribution in [2.24, 2.45) is 0 Å². The summed E-state index contributed by atoms with van der Waals surface area (Å²) in [6.45, 7) is 0.484. The van der Waals surface area contributed by atoms with E-state index in [1.54, 1.807) is 11.8 Å². The molecule has 0 amide bonds. The summed E-state index contributed by atoms with van der Waals surface area (Å²) >= 11 is 1.65. The van der Waals surface area contributed by atoms with E-state index in [2.05, 4.69) is 72.8 Å². The molecule has 0 atom stereocenters. The van der Waals surface area contributed by atoms with Crippen molar-refractivity contribution >= 4 is 11.8 Å². The zero-order chi connectivity index (χ0) is 17.7. The standard InChI is InChI=1S/C22H20O3S/c1-4-10-18(11-5-1)22(19-12-6-2-7-13-19,20-14-8-3-9-15-20)26-21-24-16-23-17-25-21/h1-15,21H,16-17H2. The number of hydrogen-bond acceptors (Lipinski definition) is 4. The third-order valence-electron chi connectivity index (χ3n) is 4.39. The van der Waals surface area contributed by atoms with Crippen molar-refractivity contribution in [3.05, 3.63) is 108 Å². The quantitative estimate of drug-likeness (QED) is 0.597. The van der Waals surface area contributed by atoms with Crippen LogP contribution in [-0.4, -0.2) is 19.2 Å². The monoisotopic (exact) mass is 364 g/mol. The molecule has 3 aromatic carbocycles. The Hall–Kier alpha value is -2.11. The van der Waals surface area contributed by atoms with E-state index < -0.39 is 10.4 Å². The molecule has 1 heterocycles. The maximum Gasteiger partial charge on any atom is 0.213 e. The van der Waals surface area contributed by atoms with E-state index in [1.165, 1.54) is 16.7 Å². The predicted molar refractivity (Wildman–Crippen MR) is 104 cm³/mol. The molecule has 4 heteroatoms. The second-order valence-electron chi connectivity index (χ2n) is 5.96. The van der Waals surface area contributed by atoms with Crippen molar-refractivity contribution in [3.8, 4) is 0 Å². The molecule has 1 saturated heterocycles. The lowest BCUT2D eigenvalue weighted by atomic mass is 9.84. The van der Waals surface area contributed by atoms with Gasteiger partial charge < -0.3 is 14.2 Å². The molecule has 0 aromatic heterocycles. The molecule has 4 rings (SSSR count). The summed E-state index contributed by atoms with van der Waals surface area (Å²) in [5.41, 5.74) is 3.13. The highest BCUT2D eigenvalue weighted by molar-refractivity contribution is 8.00. The molecule has 26 heavy (non-hydrogen) atoms. The van der Waals surface area contributed by atoms with Crippen molar-refractivity contribution in [3.63, 3.8) is 0 Å². The second kappa shape index (κ2) is 8.06. The topological polar surface area (TPSA) is 27.7 Å². The van der Waals surface area contributed by atoms with E-state index in [4.69, 9.17) is 14.2 Å². The Balaban J connectivity index is 1.90. The molecule has 1 aliphatic rings. The van der Waals surface area contributed by atoms with Gasteiger partial charge in [-0.25, -0.2) is 0 Å². The summed E-state index contributed by atoms with van der Waals surface area (Å²) in [6.07, 6.45) is 0. The van der Waals surface area contributed by atoms with E-state index in [0.29, 0.717) is 0 Å². The normalized spacial score (nSPS) is 15.7. The van der Waals surface area contributed by atoms with Gasteiger partial charge in [-0.05, 0) is 16.7 Å². The van der Waals surface area contributed by atoms with Crippen LogP contribution < -0.4 is 0 Å². The third kappa shape index (κ3) is 3.41. The van der Waals surface area contributed by atoms with Gasteiger partial charge >= 0.3 is 0 Å². The first kappa shape index (κ1) is 17.3. The Kier molecular flexibility index (Phi) is 5.37. The molecule has 0 N–H and O–H groups in total. The fraction of sp³-hybridized carbons (Fsp3) is 0.182. The van der Waals surface area contributed by atoms with Crippen LogP contribution in [0.3, 0.4) is 0 Å². The fourth-order valence-corrected chi connectivity index (χ4v) is 4.58. The van der Waals surface area contributed by atoms with E-state index in [1.807, 2.05) is 18.2 Å². The molecule has 0 bridgehead atoms. The molecule has 3 aromatic rings. The first-order valence-electron chi connectivity index (χ1n) is 8.55. The number of rotatable bonds is 5. The smallest absolute Gasteiger partial charge is 0.213 e. The molecule has 0 unspecified atom stereocenters. The first-order chi connectivity index (χ1) is 12.9. The number of ether oxygens (including phenoxy) is 3. The van der Waals surface area contributed by atoms with E-state index in [-0.39, 0.29) is 13.6 Å². The van der Waals surface area contributed by atoms with Gasteiger partial charge in [0.2, 0.25) is 5.62 Å². The Labute approximate surface area is 157 Å². The molecule has 1 aliphatic heterocycles. The fourth-order valence-electron chi connectivity index (χ4n) is 3.22. The highest BCUT2D eigenvalue weighted by atomic mass is 32.2. The Morgan fingerprint density at radius 2 is 1.00 bits per heavy atom. The van der Waals surface area contributed by atoms with Gasteiger partial charge in [-0.3, -0.25) is 0 Å². The van der Waals surface area contributed by atoms with Crippen molar-refractivity contribution in [2.45, 2.75) is 10.4 Å². The lowest BCUT2D eigenvalue weighted by Gasteiger charge is -2.38. The Morgan fingerprint density at radius 3 is 1.38 bits per heavy atom. The molecule has 0 aliphatic carbocycles. The van der Waals surface area contributed by atoms with Gasteiger partial charge in [0.25, 0.3) is 0 Å². The van der Waals surface area contributed by atoms with Crippen LogP contribution in [0.1, 0.15) is 16.7 Å². The van der Waals surface area contributed by atoms with Gasteiger partial charge in [0.1, 0.15) is 0 Å². The highest BCUT2D eigenvalue weighted by Crippen LogP contribution is 2.50. The van der Waals surface area contributed by atoms with Gasteiger partial charge in [0.15, 0.2) is 13.6 Å². The third-order valence-corrected chi connectivity index (χ3v) is 5.91. The van der Waals surface area contributed by atoms with Crippen molar-refractivity contribution in [1.82, 2.24) is 0 Å². The van der Waals surface area contributed by atoms with Crippen LogP contribution in [0.5, 0.6) is 0 Å². The highest BCUT2D eigenvalue weighted by Gasteiger charge is 2.40. The second-order valence-corrected chi connectivity index (χ2v) is 7.19. The molecule has 0 spiro atoms. The molecule has 132 valence electrons. The molecule has 1 fully saturated rings. The van der Waals surface area contributed by atoms with Gasteiger partial charge in [0, 0.05) is 0 Å². The zero-order valence-corrected chi connectivity index (χ0v) is 15.1. The minimum atomic E-state index is -0.453. The van der Waals surface area contributed by atoms with Crippen molar-refractivity contribution < 1.29 is 14.2 Å². The summed E-state index contributed by atoms with van der Waals surface area (Å²) in [7, 11) is 0. The summed E-state index contributed by atoms with van der Waals surface area (Å²) < 4.78 is 16.2. The summed E-state index contributed by atoms with van der Waals surface area (Å²) in [5, 5.41) is 0. The summed E-state index contributed by atoms with van der Waals surface area (Å²) in [4.78, 5) is 0. The van der Waals surface area contributed by atoms with E-state index >= 15 is 0 Å². The maximum absolute atomic E-state index is 5.72. The number of hydrogen-bond donors (Lipinski definition) is 0. The minimum absolute atomic E-state index is 0.242. The number of thioether (sulfide) groups is 1. The van der Waals surface area contributed by atoms with Crippen LogP contribution in [0.15, 0.2) is 91.0 Å². The van der Waals surface area contributed by atoms with Crippen LogP contribution in [0.25, 0.3) is 0 Å². The van der Waals surface area contributed by atoms with Gasteiger partial charge in [-0.2, -0.15) is 0 Å². The van der Waals surface area contributed by atoms with Gasteiger partial charge in [0.05, 0.1) is 4.75 Å². The number of benzene rings is 3. The first-order valence-corrected chi connectivity index (χ1v) is 9.43. The van der Waals surface area contributed by atoms with Crippen LogP contribution in [-0.2, 0) is 19.0 Å². The van der Waals surface area contributed by atoms with E-state index in [0.717, 1.165) is 0 Å². The molecular weight excluding hydrogens is 344 g/mol. The van der Waals surface area contributed by atoms with Crippen molar-refractivity contribution in [2.75, 3.05) is 13.6 Å². The lowest BCUT2D eigenvalue weighted by molar-refractivity contribution is -0.264. The SMILES string of the molecule is c1ccc(C(SC2OCOCO2)(c2ccccc2)c2ccccc2)cc1. The molecule has 3 nitrogen and oxygen atoms in total. The maximum atomic E-state index is 5.72. The lowest BCUT2D eigenvalue weighted by Crippen LogP contribution is -2.33. The Bertz CT molecular complexity index is 706. The van der Waals surface area contributed by atoms with Crippen molar-refractivity contribution in [1.29, 1.82) is 0 Å². The van der Waals surface area contributed by atoms with Crippen LogP contribution in [0, 0.1) is 0 Å². The minimum Gasteiger partial charge on any atom is -0.329 e. The van der Waals surface area contributed by atoms with Crippen LogP contribution >= 0.6 is 11.8 Å². The summed E-state index contributed by atoms with van der Waals surface area (Å²) in [5.74, 6) is 0. The Morgan fingerprint density at radius 1 is 0.615 bits per heavy atom. The molecular formula is C22H20O3S. The molecule has 0 saturated carbocycles. The average Bonchev–Trinajstić information content (AvgIpc) is 2.75. The summed E-state index contributed by atoms with van der Waals surface area (Å²) in [6, 6.07) is 31.5. The largest absolute Gasteiger partial charge is 0.329 e. The van der Waals surface area contributed by atoms with Gasteiger partial charge in [-0.15, -0.1) is 0 Å². The van der Waals surface area contributed by atoms with E-state index in [9.17, 15) is 0 Å². The molecule has 0 radical (unpaired) electrons. The van der Waals surface area contributed by atoms with Gasteiger partial charge in [-0.1, -0.05) is 103 Å². The van der Waals surface area contributed by atoms with Crippen LogP contribution in [0.2, 0.25) is 0 Å². The average molecular weight is 364 g/mol. The predicted octanol–water partition coefficient (Wildman–Crippen LogP) is 4.97. The van der Waals surface area contributed by atoms with Crippen LogP contribution in [0.4, 0.5) is 0 Å².